The smallest absolute Gasteiger partial charge is 0.274 e. The van der Waals surface area contributed by atoms with Crippen LogP contribution in [0.25, 0.3) is 11.5 Å². The maximum absolute atomic E-state index is 12.8. The van der Waals surface area contributed by atoms with Crippen LogP contribution < -0.4 is 10.1 Å². The lowest BCUT2D eigenvalue weighted by Gasteiger charge is -2.30. The largest absolute Gasteiger partial charge is 0.497 e. The highest BCUT2D eigenvalue weighted by Crippen LogP contribution is 2.25. The van der Waals surface area contributed by atoms with Gasteiger partial charge in [0.25, 0.3) is 5.91 Å². The van der Waals surface area contributed by atoms with Crippen LogP contribution in [0.3, 0.4) is 0 Å². The van der Waals surface area contributed by atoms with Gasteiger partial charge in [0.1, 0.15) is 5.75 Å². The SMILES string of the molecule is CCN(CC)C(CNC(=O)c1ncoc1-c1ccco1)c1cccc(OC)c1. The molecule has 28 heavy (non-hydrogen) atoms. The molecule has 0 radical (unpaired) electrons. The van der Waals surface area contributed by atoms with E-state index in [9.17, 15) is 4.79 Å². The Morgan fingerprint density at radius 3 is 2.71 bits per heavy atom. The Morgan fingerprint density at radius 1 is 1.21 bits per heavy atom. The number of ether oxygens (including phenoxy) is 1. The van der Waals surface area contributed by atoms with Crippen molar-refractivity contribution in [3.05, 3.63) is 60.3 Å². The van der Waals surface area contributed by atoms with Gasteiger partial charge in [-0.15, -0.1) is 0 Å². The number of oxazole rings is 1. The van der Waals surface area contributed by atoms with Crippen LogP contribution in [0.2, 0.25) is 0 Å². The van der Waals surface area contributed by atoms with E-state index in [-0.39, 0.29) is 17.6 Å². The van der Waals surface area contributed by atoms with Gasteiger partial charge < -0.3 is 18.9 Å². The number of nitrogens with zero attached hydrogens (tertiary/aromatic N) is 2. The van der Waals surface area contributed by atoms with Crippen LogP contribution in [0.5, 0.6) is 5.75 Å². The maximum atomic E-state index is 12.8. The first kappa shape index (κ1) is 19.7. The fourth-order valence-corrected chi connectivity index (χ4v) is 3.23. The number of rotatable bonds is 9. The van der Waals surface area contributed by atoms with Crippen LogP contribution in [0, 0.1) is 0 Å². The molecule has 1 atom stereocenters. The van der Waals surface area contributed by atoms with Crippen molar-refractivity contribution < 1.29 is 18.4 Å². The van der Waals surface area contributed by atoms with E-state index in [2.05, 4.69) is 29.0 Å². The highest BCUT2D eigenvalue weighted by atomic mass is 16.5. The minimum Gasteiger partial charge on any atom is -0.497 e. The van der Waals surface area contributed by atoms with Crippen molar-refractivity contribution in [3.8, 4) is 17.3 Å². The summed E-state index contributed by atoms with van der Waals surface area (Å²) in [6.07, 6.45) is 2.77. The molecule has 1 unspecified atom stereocenters. The fourth-order valence-electron chi connectivity index (χ4n) is 3.23. The molecule has 7 heteroatoms. The first-order valence-corrected chi connectivity index (χ1v) is 9.31. The minimum absolute atomic E-state index is 0.00742. The number of likely N-dealkylation sites (N-methyl/N-ethyl adjacent to an activating group) is 1. The van der Waals surface area contributed by atoms with E-state index in [1.165, 1.54) is 12.7 Å². The Balaban J connectivity index is 1.78. The number of carbonyl (C=O) groups excluding carboxylic acids is 1. The standard InChI is InChI=1S/C21H25N3O4/c1-4-24(5-2)17(15-8-6-9-16(12-15)26-3)13-22-21(25)19-20(28-14-23-19)18-10-7-11-27-18/h6-12,14,17H,4-5,13H2,1-3H3,(H,22,25). The summed E-state index contributed by atoms with van der Waals surface area (Å²) in [6, 6.07) is 11.4. The number of hydrogen-bond donors (Lipinski definition) is 1. The van der Waals surface area contributed by atoms with Crippen LogP contribution in [0.15, 0.2) is 57.9 Å². The number of amides is 1. The fraction of sp³-hybridized carbons (Fsp3) is 0.333. The number of aromatic nitrogens is 1. The van der Waals surface area contributed by atoms with Gasteiger partial charge in [0.05, 0.1) is 19.4 Å². The summed E-state index contributed by atoms with van der Waals surface area (Å²) in [5.41, 5.74) is 1.29. The van der Waals surface area contributed by atoms with Crippen molar-refractivity contribution in [1.29, 1.82) is 0 Å². The highest BCUT2D eigenvalue weighted by molar-refractivity contribution is 5.97. The minimum atomic E-state index is -0.305. The van der Waals surface area contributed by atoms with Gasteiger partial charge in [-0.25, -0.2) is 4.98 Å². The van der Waals surface area contributed by atoms with Crippen molar-refractivity contribution in [2.45, 2.75) is 19.9 Å². The molecule has 0 saturated carbocycles. The summed E-state index contributed by atoms with van der Waals surface area (Å²) < 4.78 is 16.0. The molecule has 0 saturated heterocycles. The van der Waals surface area contributed by atoms with E-state index in [1.54, 1.807) is 19.2 Å². The van der Waals surface area contributed by atoms with E-state index in [0.29, 0.717) is 18.1 Å². The van der Waals surface area contributed by atoms with Gasteiger partial charge in [0, 0.05) is 6.54 Å². The predicted molar refractivity (Wildman–Crippen MR) is 105 cm³/mol. The van der Waals surface area contributed by atoms with Crippen LogP contribution >= 0.6 is 0 Å². The van der Waals surface area contributed by atoms with Gasteiger partial charge in [-0.2, -0.15) is 0 Å². The Bertz CT molecular complexity index is 885. The first-order valence-electron chi connectivity index (χ1n) is 9.31. The summed E-state index contributed by atoms with van der Waals surface area (Å²) in [7, 11) is 1.65. The third kappa shape index (κ3) is 4.26. The number of methoxy groups -OCH3 is 1. The second kappa shape index (κ2) is 9.23. The summed E-state index contributed by atoms with van der Waals surface area (Å²) in [4.78, 5) is 19.1. The van der Waals surface area contributed by atoms with Crippen molar-refractivity contribution >= 4 is 5.91 Å². The Labute approximate surface area is 164 Å². The molecule has 148 valence electrons. The van der Waals surface area contributed by atoms with Gasteiger partial charge in [0.2, 0.25) is 5.76 Å². The Kier molecular flexibility index (Phi) is 6.49. The first-order chi connectivity index (χ1) is 13.7. The molecule has 1 amide bonds. The lowest BCUT2D eigenvalue weighted by atomic mass is 10.0. The highest BCUT2D eigenvalue weighted by Gasteiger charge is 2.23. The molecule has 2 aromatic heterocycles. The zero-order valence-electron chi connectivity index (χ0n) is 16.3. The summed E-state index contributed by atoms with van der Waals surface area (Å²) >= 11 is 0. The molecule has 7 nitrogen and oxygen atoms in total. The Hall–Kier alpha value is -3.06. The molecule has 1 N–H and O–H groups in total. The van der Waals surface area contributed by atoms with Gasteiger partial charge in [-0.05, 0) is 42.9 Å². The average molecular weight is 383 g/mol. The van der Waals surface area contributed by atoms with Gasteiger partial charge in [0.15, 0.2) is 17.8 Å². The molecule has 0 spiro atoms. The van der Waals surface area contributed by atoms with Crippen molar-refractivity contribution in [2.24, 2.45) is 0 Å². The third-order valence-electron chi connectivity index (χ3n) is 4.72. The number of furan rings is 1. The van der Waals surface area contributed by atoms with E-state index in [1.807, 2.05) is 24.3 Å². The maximum Gasteiger partial charge on any atom is 0.274 e. The molecular formula is C21H25N3O4. The molecule has 3 rings (SSSR count). The molecule has 3 aromatic rings. The molecular weight excluding hydrogens is 358 g/mol. The summed E-state index contributed by atoms with van der Waals surface area (Å²) in [5.74, 6) is 1.27. The predicted octanol–water partition coefficient (Wildman–Crippen LogP) is 3.76. The van der Waals surface area contributed by atoms with E-state index in [0.717, 1.165) is 24.4 Å². The number of benzene rings is 1. The molecule has 2 heterocycles. The Morgan fingerprint density at radius 2 is 2.04 bits per heavy atom. The van der Waals surface area contributed by atoms with E-state index in [4.69, 9.17) is 13.6 Å². The topological polar surface area (TPSA) is 80.7 Å². The third-order valence-corrected chi connectivity index (χ3v) is 4.72. The zero-order chi connectivity index (χ0) is 19.9. The monoisotopic (exact) mass is 383 g/mol. The second-order valence-electron chi connectivity index (χ2n) is 6.23. The van der Waals surface area contributed by atoms with Crippen LogP contribution in [-0.2, 0) is 0 Å². The van der Waals surface area contributed by atoms with Crippen molar-refractivity contribution in [2.75, 3.05) is 26.7 Å². The quantitative estimate of drug-likeness (QED) is 0.606. The number of hydrogen-bond acceptors (Lipinski definition) is 6. The van der Waals surface area contributed by atoms with Crippen molar-refractivity contribution in [1.82, 2.24) is 15.2 Å². The molecule has 1 aromatic carbocycles. The van der Waals surface area contributed by atoms with Crippen LogP contribution in [-0.4, -0.2) is 42.5 Å². The van der Waals surface area contributed by atoms with Crippen LogP contribution in [0.4, 0.5) is 0 Å². The zero-order valence-corrected chi connectivity index (χ0v) is 16.3. The molecule has 0 aliphatic carbocycles. The van der Waals surface area contributed by atoms with Gasteiger partial charge >= 0.3 is 0 Å². The number of carbonyl (C=O) groups is 1. The van der Waals surface area contributed by atoms with Crippen LogP contribution in [0.1, 0.15) is 35.9 Å². The lowest BCUT2D eigenvalue weighted by Crippen LogP contribution is -2.38. The van der Waals surface area contributed by atoms with Crippen molar-refractivity contribution in [3.63, 3.8) is 0 Å². The molecule has 0 fully saturated rings. The molecule has 0 bridgehead atoms. The van der Waals surface area contributed by atoms with E-state index < -0.39 is 0 Å². The lowest BCUT2D eigenvalue weighted by molar-refractivity contribution is 0.0930. The molecule has 0 aliphatic rings. The summed E-state index contributed by atoms with van der Waals surface area (Å²) in [6.45, 7) is 6.35. The number of nitrogens with one attached hydrogen (secondary N) is 1. The normalized spacial score (nSPS) is 12.1. The molecule has 0 aliphatic heterocycles. The van der Waals surface area contributed by atoms with Gasteiger partial charge in [-0.1, -0.05) is 26.0 Å². The van der Waals surface area contributed by atoms with Gasteiger partial charge in [-0.3, -0.25) is 9.69 Å². The van der Waals surface area contributed by atoms with E-state index >= 15 is 0 Å². The summed E-state index contributed by atoms with van der Waals surface area (Å²) in [5, 5.41) is 2.99. The second-order valence-corrected chi connectivity index (χ2v) is 6.23. The average Bonchev–Trinajstić information content (AvgIpc) is 3.42.